The van der Waals surface area contributed by atoms with Gasteiger partial charge in [-0.3, -0.25) is 4.79 Å². The number of ether oxygens (including phenoxy) is 4. The number of aryl methyl sites for hydroxylation is 1. The van der Waals surface area contributed by atoms with E-state index in [-0.39, 0.29) is 6.61 Å². The molecule has 0 saturated carbocycles. The average Bonchev–Trinajstić information content (AvgIpc) is 2.85. The summed E-state index contributed by atoms with van der Waals surface area (Å²) < 4.78 is 21.2. The van der Waals surface area contributed by atoms with E-state index in [1.54, 1.807) is 30.3 Å². The van der Waals surface area contributed by atoms with E-state index in [2.05, 4.69) is 6.58 Å². The van der Waals surface area contributed by atoms with Gasteiger partial charge in [0.15, 0.2) is 0 Å². The van der Waals surface area contributed by atoms with Gasteiger partial charge in [0.05, 0.1) is 18.8 Å². The zero-order valence-corrected chi connectivity index (χ0v) is 19.0. The number of carbonyl (C=O) groups is 3. The molecule has 0 aliphatic carbocycles. The van der Waals surface area contributed by atoms with Crippen LogP contribution in [-0.4, -0.2) is 31.6 Å². The number of hydrogen-bond donors (Lipinski definition) is 0. The number of rotatable bonds is 12. The first-order valence-corrected chi connectivity index (χ1v) is 10.9. The highest BCUT2D eigenvalue weighted by atomic mass is 16.5. The molecular weight excluding hydrogens is 436 g/mol. The summed E-state index contributed by atoms with van der Waals surface area (Å²) in [5.74, 6) is 0.593. The predicted molar refractivity (Wildman–Crippen MR) is 127 cm³/mol. The van der Waals surface area contributed by atoms with Crippen molar-refractivity contribution in [3.63, 3.8) is 0 Å². The lowest BCUT2D eigenvalue weighted by molar-refractivity contribution is -0.138. The minimum absolute atomic E-state index is 0.261. The van der Waals surface area contributed by atoms with Crippen LogP contribution in [0.25, 0.3) is 10.8 Å². The molecule has 0 aromatic heterocycles. The third-order valence-electron chi connectivity index (χ3n) is 4.95. The molecule has 7 nitrogen and oxygen atoms in total. The Bertz CT molecular complexity index is 1180. The molecule has 3 aromatic carbocycles. The van der Waals surface area contributed by atoms with Crippen LogP contribution in [0.5, 0.6) is 17.2 Å². The monoisotopic (exact) mass is 462 g/mol. The quantitative estimate of drug-likeness (QED) is 0.122. The fraction of sp³-hybridized carbons (Fsp3) is 0.222. The van der Waals surface area contributed by atoms with E-state index in [9.17, 15) is 14.4 Å². The van der Waals surface area contributed by atoms with E-state index in [0.29, 0.717) is 48.7 Å². The molecule has 0 N–H and O–H groups in total. The topological polar surface area (TPSA) is 88.1 Å². The molecule has 0 bridgehead atoms. The Kier molecular flexibility index (Phi) is 8.80. The van der Waals surface area contributed by atoms with Crippen LogP contribution >= 0.6 is 0 Å². The summed E-state index contributed by atoms with van der Waals surface area (Å²) in [5.41, 5.74) is 1.21. The molecule has 3 rings (SSSR count). The Balaban J connectivity index is 1.65. The van der Waals surface area contributed by atoms with Crippen molar-refractivity contribution in [1.29, 1.82) is 0 Å². The van der Waals surface area contributed by atoms with Crippen LogP contribution in [0.1, 0.15) is 35.7 Å². The maximum absolute atomic E-state index is 12.8. The molecule has 0 amide bonds. The number of carbonyl (C=O) groups excluding carboxylic acids is 3. The lowest BCUT2D eigenvalue weighted by Crippen LogP contribution is -2.10. The summed E-state index contributed by atoms with van der Waals surface area (Å²) in [6.45, 7) is 6.38. The fourth-order valence-corrected chi connectivity index (χ4v) is 3.33. The zero-order valence-electron chi connectivity index (χ0n) is 19.0. The van der Waals surface area contributed by atoms with Crippen LogP contribution in [-0.2, 0) is 20.7 Å². The van der Waals surface area contributed by atoms with Gasteiger partial charge in [0.25, 0.3) is 6.47 Å². The van der Waals surface area contributed by atoms with Crippen molar-refractivity contribution in [2.24, 2.45) is 0 Å². The van der Waals surface area contributed by atoms with Crippen LogP contribution in [0.4, 0.5) is 0 Å². The molecule has 34 heavy (non-hydrogen) atoms. The van der Waals surface area contributed by atoms with Crippen LogP contribution in [0.2, 0.25) is 0 Å². The average molecular weight is 462 g/mol. The van der Waals surface area contributed by atoms with E-state index in [1.165, 1.54) is 0 Å². The molecule has 0 saturated heterocycles. The number of benzene rings is 3. The van der Waals surface area contributed by atoms with Gasteiger partial charge in [0.2, 0.25) is 0 Å². The van der Waals surface area contributed by atoms with E-state index in [4.69, 9.17) is 18.9 Å². The van der Waals surface area contributed by atoms with Crippen molar-refractivity contribution in [2.75, 3.05) is 13.2 Å². The van der Waals surface area contributed by atoms with Crippen molar-refractivity contribution >= 4 is 29.2 Å². The maximum Gasteiger partial charge on any atom is 0.343 e. The van der Waals surface area contributed by atoms with Crippen molar-refractivity contribution < 1.29 is 33.3 Å². The Morgan fingerprint density at radius 2 is 1.71 bits per heavy atom. The maximum atomic E-state index is 12.8. The summed E-state index contributed by atoms with van der Waals surface area (Å²) in [7, 11) is 0. The lowest BCUT2D eigenvalue weighted by atomic mass is 10.1. The van der Waals surface area contributed by atoms with Crippen molar-refractivity contribution in [2.45, 2.75) is 26.2 Å². The van der Waals surface area contributed by atoms with Crippen LogP contribution in [0.15, 0.2) is 67.3 Å². The van der Waals surface area contributed by atoms with Crippen LogP contribution in [0.3, 0.4) is 0 Å². The Hall–Kier alpha value is -4.13. The van der Waals surface area contributed by atoms with Gasteiger partial charge in [-0.2, -0.15) is 0 Å². The first-order chi connectivity index (χ1) is 16.5. The molecule has 0 radical (unpaired) electrons. The first-order valence-electron chi connectivity index (χ1n) is 10.9. The predicted octanol–water partition coefficient (Wildman–Crippen LogP) is 5.04. The summed E-state index contributed by atoms with van der Waals surface area (Å²) >= 11 is 0. The third-order valence-corrected chi connectivity index (χ3v) is 4.95. The first kappa shape index (κ1) is 24.5. The van der Waals surface area contributed by atoms with Crippen LogP contribution < -0.4 is 14.2 Å². The lowest BCUT2D eigenvalue weighted by Gasteiger charge is -2.12. The standard InChI is InChI=1S/C27H26O7/c1-3-6-21-17-24(33-18-28)11-12-25(21)34-27(30)22-8-7-20-16-23(10-9-19(20)15-22)31-13-5-14-32-26(29)4-2/h4,7-12,15-18H,2-3,5-6,13-14H2,1H3. The van der Waals surface area contributed by atoms with Crippen molar-refractivity contribution in [1.82, 2.24) is 0 Å². The molecule has 0 spiro atoms. The Labute approximate surface area is 197 Å². The van der Waals surface area contributed by atoms with E-state index >= 15 is 0 Å². The third kappa shape index (κ3) is 6.68. The van der Waals surface area contributed by atoms with E-state index in [1.807, 2.05) is 31.2 Å². The molecule has 3 aromatic rings. The highest BCUT2D eigenvalue weighted by Gasteiger charge is 2.13. The Morgan fingerprint density at radius 3 is 2.47 bits per heavy atom. The molecule has 0 aliphatic heterocycles. The largest absolute Gasteiger partial charge is 0.493 e. The normalized spacial score (nSPS) is 10.4. The number of hydrogen-bond acceptors (Lipinski definition) is 7. The highest BCUT2D eigenvalue weighted by molar-refractivity contribution is 5.96. The zero-order chi connectivity index (χ0) is 24.3. The van der Waals surface area contributed by atoms with Gasteiger partial charge in [0.1, 0.15) is 17.2 Å². The Morgan fingerprint density at radius 1 is 0.941 bits per heavy atom. The van der Waals surface area contributed by atoms with Gasteiger partial charge in [-0.05, 0) is 65.2 Å². The molecule has 0 fully saturated rings. The SMILES string of the molecule is C=CC(=O)OCCCOc1ccc2cc(C(=O)Oc3ccc(OC=O)cc3CCC)ccc2c1. The van der Waals surface area contributed by atoms with Gasteiger partial charge in [-0.25, -0.2) is 9.59 Å². The molecule has 0 heterocycles. The fourth-order valence-electron chi connectivity index (χ4n) is 3.33. The summed E-state index contributed by atoms with van der Waals surface area (Å²) in [5, 5.41) is 1.78. The summed E-state index contributed by atoms with van der Waals surface area (Å²) in [4.78, 5) is 34.4. The van der Waals surface area contributed by atoms with Crippen molar-refractivity contribution in [3.8, 4) is 17.2 Å². The van der Waals surface area contributed by atoms with E-state index < -0.39 is 11.9 Å². The minimum Gasteiger partial charge on any atom is -0.493 e. The minimum atomic E-state index is -0.474. The summed E-state index contributed by atoms with van der Waals surface area (Å²) in [6, 6.07) is 15.8. The highest BCUT2D eigenvalue weighted by Crippen LogP contribution is 2.27. The second-order valence-electron chi connectivity index (χ2n) is 7.42. The smallest absolute Gasteiger partial charge is 0.343 e. The summed E-state index contributed by atoms with van der Waals surface area (Å²) in [6.07, 6.45) is 3.20. The molecule has 7 heteroatoms. The molecular formula is C27H26O7. The number of fused-ring (bicyclic) bond motifs is 1. The second kappa shape index (κ2) is 12.2. The van der Waals surface area contributed by atoms with Crippen molar-refractivity contribution in [3.05, 3.63) is 78.4 Å². The van der Waals surface area contributed by atoms with Gasteiger partial charge in [-0.1, -0.05) is 32.1 Å². The van der Waals surface area contributed by atoms with Gasteiger partial charge in [-0.15, -0.1) is 0 Å². The van der Waals surface area contributed by atoms with Crippen LogP contribution in [0, 0.1) is 0 Å². The van der Waals surface area contributed by atoms with Gasteiger partial charge in [0, 0.05) is 12.5 Å². The molecule has 176 valence electrons. The van der Waals surface area contributed by atoms with E-state index in [0.717, 1.165) is 28.8 Å². The molecule has 0 unspecified atom stereocenters. The molecule has 0 aliphatic rings. The van der Waals surface area contributed by atoms with Gasteiger partial charge < -0.3 is 18.9 Å². The molecule has 0 atom stereocenters. The van der Waals surface area contributed by atoms with Gasteiger partial charge >= 0.3 is 11.9 Å². The second-order valence-corrected chi connectivity index (χ2v) is 7.42. The number of esters is 2.